The molecule has 4 rings (SSSR count). The van der Waals surface area contributed by atoms with E-state index in [0.29, 0.717) is 36.1 Å². The zero-order chi connectivity index (χ0) is 16.5. The fourth-order valence-corrected chi connectivity index (χ4v) is 2.82. The molecule has 1 amide bonds. The zero-order valence-electron chi connectivity index (χ0n) is 13.2. The first-order valence-electron chi connectivity index (χ1n) is 7.77. The second-order valence-electron chi connectivity index (χ2n) is 5.65. The third-order valence-electron chi connectivity index (χ3n) is 4.04. The Balaban J connectivity index is 1.59. The molecular weight excluding hydrogens is 310 g/mol. The lowest BCUT2D eigenvalue weighted by atomic mass is 10.1. The average molecular weight is 327 g/mol. The van der Waals surface area contributed by atoms with Crippen LogP contribution in [0.1, 0.15) is 17.2 Å². The number of ether oxygens (including phenoxy) is 4. The third kappa shape index (κ3) is 2.65. The summed E-state index contributed by atoms with van der Waals surface area (Å²) in [6, 6.07) is 11.0. The summed E-state index contributed by atoms with van der Waals surface area (Å²) in [5.41, 5.74) is 2.29. The highest BCUT2D eigenvalue weighted by molar-refractivity contribution is 5.96. The number of hydrogen-bond acceptors (Lipinski definition) is 5. The summed E-state index contributed by atoms with van der Waals surface area (Å²) < 4.78 is 22.0. The summed E-state index contributed by atoms with van der Waals surface area (Å²) >= 11 is 0. The third-order valence-corrected chi connectivity index (χ3v) is 4.04. The predicted octanol–water partition coefficient (Wildman–Crippen LogP) is 2.81. The number of aryl methyl sites for hydroxylation is 1. The number of amides is 1. The van der Waals surface area contributed by atoms with Gasteiger partial charge >= 0.3 is 0 Å². The number of hydrogen-bond donors (Lipinski definition) is 1. The van der Waals surface area contributed by atoms with E-state index in [1.54, 1.807) is 6.07 Å². The van der Waals surface area contributed by atoms with Crippen LogP contribution in [-0.2, 0) is 9.53 Å². The summed E-state index contributed by atoms with van der Waals surface area (Å²) in [5.74, 6) is 1.76. The Labute approximate surface area is 139 Å². The molecule has 0 saturated heterocycles. The fraction of sp³-hybridized carbons (Fsp3) is 0.278. The molecule has 0 bridgehead atoms. The first-order valence-corrected chi connectivity index (χ1v) is 7.77. The number of benzene rings is 2. The van der Waals surface area contributed by atoms with Gasteiger partial charge in [0.2, 0.25) is 0 Å². The molecule has 0 aliphatic carbocycles. The van der Waals surface area contributed by atoms with E-state index >= 15 is 0 Å². The fourth-order valence-electron chi connectivity index (χ4n) is 2.82. The Kier molecular flexibility index (Phi) is 3.74. The van der Waals surface area contributed by atoms with Crippen LogP contribution in [0.5, 0.6) is 17.2 Å². The Morgan fingerprint density at radius 1 is 1.04 bits per heavy atom. The van der Waals surface area contributed by atoms with Gasteiger partial charge in [-0.3, -0.25) is 4.79 Å². The molecule has 0 radical (unpaired) electrons. The molecule has 1 N–H and O–H groups in total. The zero-order valence-corrected chi connectivity index (χ0v) is 13.2. The smallest absolute Gasteiger partial charge is 0.258 e. The van der Waals surface area contributed by atoms with Crippen molar-refractivity contribution in [1.29, 1.82) is 0 Å². The first-order chi connectivity index (χ1) is 11.7. The van der Waals surface area contributed by atoms with Gasteiger partial charge in [-0.15, -0.1) is 0 Å². The molecule has 0 spiro atoms. The van der Waals surface area contributed by atoms with Gasteiger partial charge in [0.25, 0.3) is 5.91 Å². The molecule has 0 fully saturated rings. The number of fused-ring (bicyclic) bond motifs is 2. The number of carbonyl (C=O) groups is 1. The van der Waals surface area contributed by atoms with E-state index in [2.05, 4.69) is 5.32 Å². The summed E-state index contributed by atoms with van der Waals surface area (Å²) in [5, 5.41) is 2.92. The number of rotatable bonds is 2. The molecule has 0 saturated carbocycles. The van der Waals surface area contributed by atoms with Crippen LogP contribution in [0.25, 0.3) is 0 Å². The summed E-state index contributed by atoms with van der Waals surface area (Å²) in [6.45, 7) is 2.99. The molecular formula is C18H17NO5. The van der Waals surface area contributed by atoms with Gasteiger partial charge < -0.3 is 24.3 Å². The maximum absolute atomic E-state index is 12.7. The van der Waals surface area contributed by atoms with E-state index in [4.69, 9.17) is 18.9 Å². The lowest BCUT2D eigenvalue weighted by molar-refractivity contribution is -0.136. The molecule has 124 valence electrons. The van der Waals surface area contributed by atoms with Gasteiger partial charge in [-0.2, -0.15) is 0 Å². The van der Waals surface area contributed by atoms with Gasteiger partial charge in [0, 0.05) is 17.3 Å². The second-order valence-corrected chi connectivity index (χ2v) is 5.65. The predicted molar refractivity (Wildman–Crippen MR) is 86.6 cm³/mol. The van der Waals surface area contributed by atoms with E-state index in [1.165, 1.54) is 0 Å². The van der Waals surface area contributed by atoms with Crippen LogP contribution in [-0.4, -0.2) is 25.9 Å². The summed E-state index contributed by atoms with van der Waals surface area (Å²) in [6.07, 6.45) is -0.706. The average Bonchev–Trinajstić information content (AvgIpc) is 2.62. The molecule has 1 atom stereocenters. The van der Waals surface area contributed by atoms with Crippen LogP contribution < -0.4 is 19.5 Å². The highest BCUT2D eigenvalue weighted by Gasteiger charge is 2.29. The second kappa shape index (κ2) is 6.05. The van der Waals surface area contributed by atoms with Crippen LogP contribution in [0.2, 0.25) is 0 Å². The number of nitrogens with one attached hydrogen (secondary N) is 1. The quantitative estimate of drug-likeness (QED) is 0.919. The van der Waals surface area contributed by atoms with Crippen molar-refractivity contribution in [2.24, 2.45) is 0 Å². The molecule has 2 heterocycles. The maximum atomic E-state index is 12.7. The topological polar surface area (TPSA) is 66.0 Å². The van der Waals surface area contributed by atoms with E-state index in [0.717, 1.165) is 11.1 Å². The van der Waals surface area contributed by atoms with Crippen molar-refractivity contribution in [2.45, 2.75) is 13.0 Å². The molecule has 1 unspecified atom stereocenters. The molecule has 0 aromatic heterocycles. The monoisotopic (exact) mass is 327 g/mol. The van der Waals surface area contributed by atoms with Gasteiger partial charge in [0.05, 0.1) is 0 Å². The summed E-state index contributed by atoms with van der Waals surface area (Å²) in [4.78, 5) is 12.7. The molecule has 2 aliphatic rings. The Hall–Kier alpha value is -2.73. The van der Waals surface area contributed by atoms with Crippen LogP contribution in [0, 0.1) is 6.92 Å². The van der Waals surface area contributed by atoms with Crippen molar-refractivity contribution in [3.8, 4) is 17.2 Å². The van der Waals surface area contributed by atoms with E-state index < -0.39 is 6.10 Å². The van der Waals surface area contributed by atoms with Gasteiger partial charge in [-0.1, -0.05) is 18.2 Å². The molecule has 24 heavy (non-hydrogen) atoms. The van der Waals surface area contributed by atoms with Crippen molar-refractivity contribution in [3.05, 3.63) is 47.5 Å². The maximum Gasteiger partial charge on any atom is 0.258 e. The number of para-hydroxylation sites is 1. The van der Waals surface area contributed by atoms with Crippen LogP contribution >= 0.6 is 0 Å². The number of carbonyl (C=O) groups excluding carboxylic acids is 1. The van der Waals surface area contributed by atoms with Gasteiger partial charge in [0.15, 0.2) is 24.4 Å². The molecule has 6 heteroatoms. The minimum absolute atomic E-state index is 0.0508. The number of anilines is 1. The van der Waals surface area contributed by atoms with E-state index in [1.807, 2.05) is 37.3 Å². The Bertz CT molecular complexity index is 789. The van der Waals surface area contributed by atoms with Crippen LogP contribution in [0.15, 0.2) is 36.4 Å². The standard InChI is InChI=1S/C18H17NO5/c1-11-8-15-16(22-7-6-21-15)9-13(11)19-18(20)17-12-4-2-3-5-14(12)23-10-24-17/h2-5,8-9,17H,6-7,10H2,1H3,(H,19,20). The lowest BCUT2D eigenvalue weighted by Crippen LogP contribution is -2.28. The molecule has 2 aromatic rings. The molecule has 2 aliphatic heterocycles. The van der Waals surface area contributed by atoms with Gasteiger partial charge in [0.1, 0.15) is 19.0 Å². The minimum atomic E-state index is -0.706. The summed E-state index contributed by atoms with van der Waals surface area (Å²) in [7, 11) is 0. The SMILES string of the molecule is Cc1cc2c(cc1NC(=O)C1OCOc3ccccc31)OCCO2. The van der Waals surface area contributed by atoms with E-state index in [-0.39, 0.29) is 12.7 Å². The van der Waals surface area contributed by atoms with Crippen molar-refractivity contribution < 1.29 is 23.7 Å². The lowest BCUT2D eigenvalue weighted by Gasteiger charge is -2.26. The normalized spacial score (nSPS) is 18.3. The minimum Gasteiger partial charge on any atom is -0.486 e. The van der Waals surface area contributed by atoms with Crippen LogP contribution in [0.3, 0.4) is 0 Å². The molecule has 2 aromatic carbocycles. The van der Waals surface area contributed by atoms with Crippen molar-refractivity contribution >= 4 is 11.6 Å². The highest BCUT2D eigenvalue weighted by Crippen LogP contribution is 2.37. The Morgan fingerprint density at radius 2 is 1.79 bits per heavy atom. The first kappa shape index (κ1) is 14.8. The Morgan fingerprint density at radius 3 is 2.62 bits per heavy atom. The largest absolute Gasteiger partial charge is 0.486 e. The van der Waals surface area contributed by atoms with Crippen molar-refractivity contribution in [2.75, 3.05) is 25.3 Å². The van der Waals surface area contributed by atoms with Crippen molar-refractivity contribution in [1.82, 2.24) is 0 Å². The van der Waals surface area contributed by atoms with Gasteiger partial charge in [-0.25, -0.2) is 0 Å². The highest BCUT2D eigenvalue weighted by atomic mass is 16.7. The van der Waals surface area contributed by atoms with Crippen molar-refractivity contribution in [3.63, 3.8) is 0 Å². The van der Waals surface area contributed by atoms with Crippen LogP contribution in [0.4, 0.5) is 5.69 Å². The van der Waals surface area contributed by atoms with Gasteiger partial charge in [-0.05, 0) is 24.6 Å². The molecule has 6 nitrogen and oxygen atoms in total. The van der Waals surface area contributed by atoms with E-state index in [9.17, 15) is 4.79 Å².